The summed E-state index contributed by atoms with van der Waals surface area (Å²) in [6, 6.07) is 5.79. The maximum atomic E-state index is 14.2. The summed E-state index contributed by atoms with van der Waals surface area (Å²) >= 11 is 0. The molecule has 2 aromatic rings. The minimum atomic E-state index is -0.988. The van der Waals surface area contributed by atoms with E-state index in [0.29, 0.717) is 29.9 Å². The summed E-state index contributed by atoms with van der Waals surface area (Å²) < 4.78 is 1.09. The number of quaternary nitrogens is 1. The lowest BCUT2D eigenvalue weighted by atomic mass is 9.90. The summed E-state index contributed by atoms with van der Waals surface area (Å²) in [6.45, 7) is -0.0700. The summed E-state index contributed by atoms with van der Waals surface area (Å²) in [5.41, 5.74) is 6.82. The standard InChI is InChI=1S/C25H31N5O5/c26-23(32)22-6-3-13-30(22,24(33)19-7-9-21(10-8-19)28-12-11-27-16-28)25(34)20(15-29(35)17-31)14-18-4-1-2-5-18/h7-12,16-18,20,22,35H,1-6,13-15H2,(H-,26,32)/p+1/t20-,22+,30?/m1/s1. The maximum absolute atomic E-state index is 14.2. The first kappa shape index (κ1) is 24.7. The van der Waals surface area contributed by atoms with Crippen molar-refractivity contribution in [1.82, 2.24) is 14.6 Å². The van der Waals surface area contributed by atoms with Gasteiger partial charge in [0.05, 0.1) is 30.9 Å². The number of likely N-dealkylation sites (tertiary alicyclic amines) is 1. The van der Waals surface area contributed by atoms with Gasteiger partial charge in [-0.3, -0.25) is 14.8 Å². The van der Waals surface area contributed by atoms with Crippen LogP contribution in [-0.4, -0.2) is 67.6 Å². The van der Waals surface area contributed by atoms with E-state index in [9.17, 15) is 24.4 Å². The predicted molar refractivity (Wildman–Crippen MR) is 125 cm³/mol. The van der Waals surface area contributed by atoms with Crippen LogP contribution in [-0.2, 0) is 14.4 Å². The fourth-order valence-electron chi connectivity index (χ4n) is 5.79. The Kier molecular flexibility index (Phi) is 7.42. The number of imide groups is 1. The highest BCUT2D eigenvalue weighted by Crippen LogP contribution is 2.37. The molecule has 3 N–H and O–H groups in total. The highest BCUT2D eigenvalue weighted by Gasteiger charge is 2.58. The molecule has 2 fully saturated rings. The van der Waals surface area contributed by atoms with Gasteiger partial charge < -0.3 is 10.3 Å². The number of amides is 4. The van der Waals surface area contributed by atoms with E-state index in [4.69, 9.17) is 5.73 Å². The highest BCUT2D eigenvalue weighted by molar-refractivity contribution is 5.99. The molecule has 10 nitrogen and oxygen atoms in total. The van der Waals surface area contributed by atoms with E-state index in [2.05, 4.69) is 4.98 Å². The lowest BCUT2D eigenvalue weighted by molar-refractivity contribution is -0.777. The average Bonchev–Trinajstić information content (AvgIpc) is 3.65. The minimum Gasteiger partial charge on any atom is -0.364 e. The molecule has 1 aliphatic heterocycles. The number of hydrogen-bond acceptors (Lipinski definition) is 6. The molecule has 3 atom stereocenters. The summed E-state index contributed by atoms with van der Waals surface area (Å²) in [5, 5.41) is 10.4. The number of hydrogen-bond donors (Lipinski definition) is 2. The van der Waals surface area contributed by atoms with E-state index in [1.165, 1.54) is 0 Å². The zero-order chi connectivity index (χ0) is 25.0. The topological polar surface area (TPSA) is 136 Å². The van der Waals surface area contributed by atoms with E-state index in [-0.39, 0.29) is 25.4 Å². The third-order valence-corrected chi connectivity index (χ3v) is 7.49. The normalized spacial score (nSPS) is 23.2. The molecule has 1 saturated carbocycles. The van der Waals surface area contributed by atoms with Crippen LogP contribution in [0.15, 0.2) is 43.0 Å². The van der Waals surface area contributed by atoms with Crippen LogP contribution in [0.4, 0.5) is 0 Å². The number of rotatable bonds is 9. The molecule has 2 aliphatic rings. The van der Waals surface area contributed by atoms with Crippen molar-refractivity contribution < 1.29 is 28.9 Å². The number of aromatic nitrogens is 2. The van der Waals surface area contributed by atoms with Crippen molar-refractivity contribution >= 4 is 24.1 Å². The summed E-state index contributed by atoms with van der Waals surface area (Å²) in [4.78, 5) is 55.8. The molecular formula is C25H32N5O5+. The summed E-state index contributed by atoms with van der Waals surface area (Å²) in [6.07, 6.45) is 10.6. The van der Waals surface area contributed by atoms with Crippen molar-refractivity contribution in [3.05, 3.63) is 48.5 Å². The number of hydroxylamine groups is 2. The SMILES string of the molecule is NC(=O)[C@@H]1CCC[N+]1(C(=O)c1ccc(-n2ccnc2)cc1)C(=O)[C@H](CC1CCCC1)CN(O)C=O. The van der Waals surface area contributed by atoms with Gasteiger partial charge in [0, 0.05) is 30.9 Å². The van der Waals surface area contributed by atoms with Gasteiger partial charge in [0.25, 0.3) is 5.91 Å². The third-order valence-electron chi connectivity index (χ3n) is 7.49. The van der Waals surface area contributed by atoms with Gasteiger partial charge in [0.15, 0.2) is 6.04 Å². The Labute approximate surface area is 203 Å². The van der Waals surface area contributed by atoms with Crippen LogP contribution < -0.4 is 5.73 Å². The van der Waals surface area contributed by atoms with Gasteiger partial charge in [0.1, 0.15) is 0 Å². The summed E-state index contributed by atoms with van der Waals surface area (Å²) in [7, 11) is 0. The molecule has 186 valence electrons. The number of carbonyl (C=O) groups is 4. The van der Waals surface area contributed by atoms with E-state index in [0.717, 1.165) is 31.4 Å². The molecule has 1 aromatic carbocycles. The predicted octanol–water partition coefficient (Wildman–Crippen LogP) is 2.05. The smallest absolute Gasteiger partial charge is 0.353 e. The molecule has 0 spiro atoms. The molecule has 2 heterocycles. The second-order valence-corrected chi connectivity index (χ2v) is 9.62. The number of imidazole rings is 1. The summed E-state index contributed by atoms with van der Waals surface area (Å²) in [5.74, 6) is -2.16. The molecule has 35 heavy (non-hydrogen) atoms. The maximum Gasteiger partial charge on any atom is 0.353 e. The molecule has 1 saturated heterocycles. The van der Waals surface area contributed by atoms with Gasteiger partial charge in [-0.1, -0.05) is 25.7 Å². The van der Waals surface area contributed by atoms with Crippen molar-refractivity contribution in [2.45, 2.75) is 51.0 Å². The monoisotopic (exact) mass is 482 g/mol. The van der Waals surface area contributed by atoms with E-state index < -0.39 is 34.2 Å². The van der Waals surface area contributed by atoms with Crippen molar-refractivity contribution in [3.8, 4) is 5.69 Å². The van der Waals surface area contributed by atoms with Crippen LogP contribution in [0.3, 0.4) is 0 Å². The van der Waals surface area contributed by atoms with Crippen molar-refractivity contribution in [3.63, 3.8) is 0 Å². The first-order valence-electron chi connectivity index (χ1n) is 12.1. The zero-order valence-corrected chi connectivity index (χ0v) is 19.7. The molecule has 4 amide bonds. The molecule has 0 bridgehead atoms. The van der Waals surface area contributed by atoms with Crippen LogP contribution in [0.2, 0.25) is 0 Å². The average molecular weight is 483 g/mol. The first-order chi connectivity index (χ1) is 16.9. The molecule has 1 aromatic heterocycles. The van der Waals surface area contributed by atoms with Crippen LogP contribution in [0.1, 0.15) is 55.3 Å². The molecule has 4 rings (SSSR count). The fraction of sp³-hybridized carbons (Fsp3) is 0.480. The number of primary amides is 1. The Bertz CT molecular complexity index is 1060. The Balaban J connectivity index is 1.70. The van der Waals surface area contributed by atoms with Gasteiger partial charge in [-0.15, -0.1) is 0 Å². The van der Waals surface area contributed by atoms with Crippen LogP contribution in [0.5, 0.6) is 0 Å². The van der Waals surface area contributed by atoms with Gasteiger partial charge in [0.2, 0.25) is 6.41 Å². The molecule has 1 unspecified atom stereocenters. The number of nitrogens with two attached hydrogens (primary N) is 1. The number of nitrogens with zero attached hydrogens (tertiary/aromatic N) is 4. The molecule has 0 radical (unpaired) electrons. The lowest BCUT2D eigenvalue weighted by Gasteiger charge is -2.36. The fourth-order valence-corrected chi connectivity index (χ4v) is 5.79. The number of carbonyl (C=O) groups excluding carboxylic acids is 4. The zero-order valence-electron chi connectivity index (χ0n) is 19.7. The molecule has 10 heteroatoms. The Morgan fingerprint density at radius 2 is 1.89 bits per heavy atom. The highest BCUT2D eigenvalue weighted by atomic mass is 16.5. The van der Waals surface area contributed by atoms with Gasteiger partial charge in [-0.05, 0) is 36.6 Å². The van der Waals surface area contributed by atoms with E-state index >= 15 is 0 Å². The quantitative estimate of drug-likeness (QED) is 0.243. The Hall–Kier alpha value is -3.37. The largest absolute Gasteiger partial charge is 0.364 e. The van der Waals surface area contributed by atoms with Crippen molar-refractivity contribution in [1.29, 1.82) is 0 Å². The second-order valence-electron chi connectivity index (χ2n) is 9.62. The lowest BCUT2D eigenvalue weighted by Crippen LogP contribution is -2.65. The third kappa shape index (κ3) is 4.89. The van der Waals surface area contributed by atoms with Gasteiger partial charge in [-0.2, -0.15) is 4.48 Å². The second kappa shape index (κ2) is 10.5. The van der Waals surface area contributed by atoms with Gasteiger partial charge in [-0.25, -0.2) is 19.6 Å². The van der Waals surface area contributed by atoms with E-state index in [1.807, 2.05) is 0 Å². The minimum absolute atomic E-state index is 0.155. The first-order valence-corrected chi connectivity index (χ1v) is 12.1. The Morgan fingerprint density at radius 3 is 2.49 bits per heavy atom. The van der Waals surface area contributed by atoms with Crippen LogP contribution in [0, 0.1) is 11.8 Å². The molecular weight excluding hydrogens is 450 g/mol. The molecule has 1 aliphatic carbocycles. The van der Waals surface area contributed by atoms with Crippen molar-refractivity contribution in [2.24, 2.45) is 17.6 Å². The van der Waals surface area contributed by atoms with Crippen LogP contribution >= 0.6 is 0 Å². The Morgan fingerprint density at radius 1 is 1.17 bits per heavy atom. The van der Waals surface area contributed by atoms with Crippen LogP contribution in [0.25, 0.3) is 5.69 Å². The van der Waals surface area contributed by atoms with E-state index in [1.54, 1.807) is 47.6 Å². The number of benzene rings is 1. The van der Waals surface area contributed by atoms with Crippen molar-refractivity contribution in [2.75, 3.05) is 13.1 Å². The van der Waals surface area contributed by atoms with Gasteiger partial charge >= 0.3 is 11.8 Å².